The molecule has 2 aliphatic rings. The molecule has 1 saturated heterocycles. The first-order chi connectivity index (χ1) is 16.4. The Bertz CT molecular complexity index is 1110. The van der Waals surface area contributed by atoms with Crippen molar-refractivity contribution in [2.75, 3.05) is 39.3 Å². The highest BCUT2D eigenvalue weighted by atomic mass is 35.5. The molecule has 0 atom stereocenters. The summed E-state index contributed by atoms with van der Waals surface area (Å²) in [4.78, 5) is 29.6. The number of carbonyl (C=O) groups is 2. The average molecular weight is 507 g/mol. The van der Waals surface area contributed by atoms with E-state index in [0.717, 1.165) is 49.4 Å². The highest BCUT2D eigenvalue weighted by Crippen LogP contribution is 2.31. The molecule has 1 aromatic carbocycles. The van der Waals surface area contributed by atoms with E-state index in [2.05, 4.69) is 22.4 Å². The maximum Gasteiger partial charge on any atom is 0.289 e. The smallest absolute Gasteiger partial charge is 0.289 e. The van der Waals surface area contributed by atoms with Crippen LogP contribution >= 0.6 is 23.2 Å². The first-order valence-electron chi connectivity index (χ1n) is 11.4. The number of halogens is 2. The van der Waals surface area contributed by atoms with E-state index in [1.165, 1.54) is 0 Å². The quantitative estimate of drug-likeness (QED) is 0.600. The van der Waals surface area contributed by atoms with E-state index in [1.54, 1.807) is 18.2 Å². The minimum atomic E-state index is -0.420. The topological polar surface area (TPSA) is 87.4 Å². The Kier molecular flexibility index (Phi) is 7.80. The molecule has 1 fully saturated rings. The SMILES string of the molecule is CCN1CCN(C(=O)c2oc3c(c2C)/C(=N/NC(=O)COc2ccc(Cl)cc2Cl)CCC3)CC1. The van der Waals surface area contributed by atoms with Crippen LogP contribution in [0, 0.1) is 6.92 Å². The van der Waals surface area contributed by atoms with E-state index in [9.17, 15) is 9.59 Å². The van der Waals surface area contributed by atoms with Crippen molar-refractivity contribution in [1.82, 2.24) is 15.2 Å². The number of ether oxygens (including phenoxy) is 1. The number of piperazine rings is 1. The number of aryl methyl sites for hydroxylation is 1. The number of nitrogens with zero attached hydrogens (tertiary/aromatic N) is 3. The van der Waals surface area contributed by atoms with Gasteiger partial charge in [0.05, 0.1) is 10.7 Å². The monoisotopic (exact) mass is 506 g/mol. The fourth-order valence-electron chi connectivity index (χ4n) is 4.29. The van der Waals surface area contributed by atoms with E-state index >= 15 is 0 Å². The zero-order valence-corrected chi connectivity index (χ0v) is 20.8. The first-order valence-corrected chi connectivity index (χ1v) is 12.2. The molecule has 2 heterocycles. The van der Waals surface area contributed by atoms with Crippen LogP contribution in [0.5, 0.6) is 5.75 Å². The summed E-state index contributed by atoms with van der Waals surface area (Å²) in [6.45, 7) is 7.85. The van der Waals surface area contributed by atoms with Crippen LogP contribution in [0.4, 0.5) is 0 Å². The number of rotatable bonds is 6. The number of nitrogens with one attached hydrogen (secondary N) is 1. The zero-order valence-electron chi connectivity index (χ0n) is 19.3. The Morgan fingerprint density at radius 1 is 1.18 bits per heavy atom. The van der Waals surface area contributed by atoms with E-state index in [-0.39, 0.29) is 12.5 Å². The molecule has 4 rings (SSSR count). The predicted octanol–water partition coefficient (Wildman–Crippen LogP) is 3.91. The summed E-state index contributed by atoms with van der Waals surface area (Å²) in [5, 5.41) is 5.14. The van der Waals surface area contributed by atoms with Gasteiger partial charge in [0.25, 0.3) is 11.8 Å². The summed E-state index contributed by atoms with van der Waals surface area (Å²) >= 11 is 11.9. The maximum absolute atomic E-state index is 13.1. The summed E-state index contributed by atoms with van der Waals surface area (Å²) in [6.07, 6.45) is 2.24. The summed E-state index contributed by atoms with van der Waals surface area (Å²) in [6, 6.07) is 4.78. The van der Waals surface area contributed by atoms with Crippen molar-refractivity contribution < 1.29 is 18.7 Å². The second-order valence-corrected chi connectivity index (χ2v) is 9.23. The van der Waals surface area contributed by atoms with Crippen LogP contribution in [0.2, 0.25) is 10.0 Å². The summed E-state index contributed by atoms with van der Waals surface area (Å²) in [5.74, 6) is 0.978. The summed E-state index contributed by atoms with van der Waals surface area (Å²) in [5.41, 5.74) is 4.85. The Balaban J connectivity index is 1.42. The van der Waals surface area contributed by atoms with Gasteiger partial charge in [0, 0.05) is 48.7 Å². The van der Waals surface area contributed by atoms with Crippen LogP contribution in [0.25, 0.3) is 0 Å². The van der Waals surface area contributed by atoms with Gasteiger partial charge in [-0.05, 0) is 44.5 Å². The van der Waals surface area contributed by atoms with Gasteiger partial charge in [0.2, 0.25) is 0 Å². The molecule has 0 radical (unpaired) electrons. The molecule has 1 aromatic heterocycles. The van der Waals surface area contributed by atoms with Crippen LogP contribution in [0.3, 0.4) is 0 Å². The molecule has 0 unspecified atom stereocenters. The lowest BCUT2D eigenvalue weighted by atomic mass is 9.93. The van der Waals surface area contributed by atoms with Crippen molar-refractivity contribution in [3.05, 3.63) is 50.9 Å². The zero-order chi connectivity index (χ0) is 24.2. The third-order valence-corrected chi connectivity index (χ3v) is 6.73. The van der Waals surface area contributed by atoms with E-state index < -0.39 is 5.91 Å². The van der Waals surface area contributed by atoms with Gasteiger partial charge in [0.1, 0.15) is 11.5 Å². The number of likely N-dealkylation sites (N-methyl/N-ethyl adjacent to an activating group) is 1. The Morgan fingerprint density at radius 2 is 1.94 bits per heavy atom. The molecule has 0 spiro atoms. The average Bonchev–Trinajstić information content (AvgIpc) is 3.18. The van der Waals surface area contributed by atoms with Crippen molar-refractivity contribution in [2.45, 2.75) is 33.1 Å². The highest BCUT2D eigenvalue weighted by molar-refractivity contribution is 6.35. The molecule has 0 saturated carbocycles. The molecular weight excluding hydrogens is 479 g/mol. The molecule has 0 bridgehead atoms. The summed E-state index contributed by atoms with van der Waals surface area (Å²) in [7, 11) is 0. The molecule has 34 heavy (non-hydrogen) atoms. The molecule has 1 N–H and O–H groups in total. The van der Waals surface area contributed by atoms with Crippen LogP contribution < -0.4 is 10.2 Å². The van der Waals surface area contributed by atoms with Crippen LogP contribution in [-0.2, 0) is 11.2 Å². The van der Waals surface area contributed by atoms with Gasteiger partial charge in [-0.3, -0.25) is 9.59 Å². The third kappa shape index (κ3) is 5.40. The largest absolute Gasteiger partial charge is 0.482 e. The second-order valence-electron chi connectivity index (χ2n) is 8.39. The van der Waals surface area contributed by atoms with E-state index in [0.29, 0.717) is 46.8 Å². The van der Waals surface area contributed by atoms with Gasteiger partial charge in [0.15, 0.2) is 12.4 Å². The fraction of sp³-hybridized carbons (Fsp3) is 0.458. The van der Waals surface area contributed by atoms with Crippen LogP contribution in [0.15, 0.2) is 27.7 Å². The Morgan fingerprint density at radius 3 is 2.65 bits per heavy atom. The summed E-state index contributed by atoms with van der Waals surface area (Å²) < 4.78 is 11.5. The van der Waals surface area contributed by atoms with Gasteiger partial charge in [-0.1, -0.05) is 30.1 Å². The lowest BCUT2D eigenvalue weighted by Crippen LogP contribution is -2.48. The highest BCUT2D eigenvalue weighted by Gasteiger charge is 2.31. The van der Waals surface area contributed by atoms with Crippen molar-refractivity contribution in [3.8, 4) is 5.75 Å². The number of furan rings is 1. The van der Waals surface area contributed by atoms with E-state index in [1.807, 2.05) is 11.8 Å². The molecule has 10 heteroatoms. The van der Waals surface area contributed by atoms with Crippen molar-refractivity contribution in [3.63, 3.8) is 0 Å². The maximum atomic E-state index is 13.1. The molecule has 1 aliphatic carbocycles. The number of amides is 2. The van der Waals surface area contributed by atoms with Crippen molar-refractivity contribution in [2.24, 2.45) is 5.10 Å². The van der Waals surface area contributed by atoms with Gasteiger partial charge in [-0.15, -0.1) is 0 Å². The number of hydrogen-bond acceptors (Lipinski definition) is 6. The number of fused-ring (bicyclic) bond motifs is 1. The lowest BCUT2D eigenvalue weighted by Gasteiger charge is -2.33. The van der Waals surface area contributed by atoms with Gasteiger partial charge in [-0.25, -0.2) is 5.43 Å². The predicted molar refractivity (Wildman–Crippen MR) is 131 cm³/mol. The molecular formula is C24H28Cl2N4O4. The Labute approximate surface area is 208 Å². The normalized spacial score (nSPS) is 17.5. The standard InChI is InChI=1S/C24H28Cl2N4O4/c1-3-29-9-11-30(12-10-29)24(32)23-15(2)22-18(5-4-6-20(22)34-23)27-28-21(31)14-33-19-8-7-16(25)13-17(19)26/h7-8,13H,3-6,9-12,14H2,1-2H3,(H,28,31)/b27-18+. The minimum absolute atomic E-state index is 0.0840. The minimum Gasteiger partial charge on any atom is -0.482 e. The third-order valence-electron chi connectivity index (χ3n) is 6.19. The first kappa shape index (κ1) is 24.6. The van der Waals surface area contributed by atoms with Crippen molar-refractivity contribution in [1.29, 1.82) is 0 Å². The fourth-order valence-corrected chi connectivity index (χ4v) is 4.76. The van der Waals surface area contributed by atoms with Gasteiger partial charge in [-0.2, -0.15) is 5.10 Å². The number of hydrazone groups is 1. The molecule has 2 amide bonds. The van der Waals surface area contributed by atoms with Crippen LogP contribution in [0.1, 0.15) is 47.2 Å². The van der Waals surface area contributed by atoms with Gasteiger partial charge >= 0.3 is 0 Å². The Hall–Kier alpha value is -2.55. The molecule has 2 aromatic rings. The molecule has 1 aliphatic heterocycles. The molecule has 8 nitrogen and oxygen atoms in total. The number of benzene rings is 1. The van der Waals surface area contributed by atoms with Crippen molar-refractivity contribution >= 4 is 40.7 Å². The molecule has 182 valence electrons. The number of hydrogen-bond donors (Lipinski definition) is 1. The second kappa shape index (κ2) is 10.8. The van der Waals surface area contributed by atoms with Gasteiger partial charge < -0.3 is 19.0 Å². The van der Waals surface area contributed by atoms with Crippen LogP contribution in [-0.4, -0.2) is 66.7 Å². The number of carbonyl (C=O) groups excluding carboxylic acids is 2. The van der Waals surface area contributed by atoms with E-state index in [4.69, 9.17) is 32.4 Å². The lowest BCUT2D eigenvalue weighted by molar-refractivity contribution is -0.123.